The maximum Gasteiger partial charge on any atom is 0.410 e. The van der Waals surface area contributed by atoms with Crippen molar-refractivity contribution in [1.82, 2.24) is 23.8 Å². The highest BCUT2D eigenvalue weighted by molar-refractivity contribution is 7.90. The number of rotatable bonds is 7. The Morgan fingerprint density at radius 3 is 2.40 bits per heavy atom. The predicted molar refractivity (Wildman–Crippen MR) is 196 cm³/mol. The second kappa shape index (κ2) is 13.6. The Hall–Kier alpha value is -6.08. The number of fused-ring (bicyclic) bond motifs is 2. The quantitative estimate of drug-likeness (QED) is 0.179. The predicted octanol–water partition coefficient (Wildman–Crippen LogP) is 7.38. The van der Waals surface area contributed by atoms with Gasteiger partial charge >= 0.3 is 6.09 Å². The van der Waals surface area contributed by atoms with Gasteiger partial charge in [0.15, 0.2) is 5.65 Å². The normalized spacial score (nSPS) is 13.0. The molecular weight excluding hydrogens is 681 g/mol. The van der Waals surface area contributed by atoms with Crippen LogP contribution in [0.1, 0.15) is 47.8 Å². The van der Waals surface area contributed by atoms with Crippen LogP contribution in [-0.2, 0) is 27.7 Å². The molecule has 3 aromatic heterocycles. The van der Waals surface area contributed by atoms with Gasteiger partial charge in [0.1, 0.15) is 29.2 Å². The Labute approximate surface area is 301 Å². The standard InChI is InChI=1S/C39H36N6O6S/c1-25-10-14-30(15-11-25)52(48,49)45-23-31(32-21-34(42-24-41-32)43-37(46)27-8-6-5-7-9-27)35-33(16-18-40-36(35)45)50-29-13-12-26-17-19-44(22-28(26)20-29)38(47)51-39(2,3)4/h5-16,18,20-21,23-24H,17,19,22H2,1-4H3,(H,41,42,43,46). The number of ether oxygens (including phenoxy) is 2. The van der Waals surface area contributed by atoms with Crippen molar-refractivity contribution in [1.29, 1.82) is 0 Å². The van der Waals surface area contributed by atoms with Gasteiger partial charge in [-0.15, -0.1) is 0 Å². The smallest absolute Gasteiger partial charge is 0.410 e. The number of nitrogens with one attached hydrogen (secondary N) is 1. The number of nitrogens with zero attached hydrogens (tertiary/aromatic N) is 5. The van der Waals surface area contributed by atoms with E-state index in [0.29, 0.717) is 53.2 Å². The Kier molecular flexibility index (Phi) is 8.97. The lowest BCUT2D eigenvalue weighted by Crippen LogP contribution is -2.39. The van der Waals surface area contributed by atoms with Crippen molar-refractivity contribution in [3.63, 3.8) is 0 Å². The minimum Gasteiger partial charge on any atom is -0.457 e. The van der Waals surface area contributed by atoms with Gasteiger partial charge < -0.3 is 19.7 Å². The van der Waals surface area contributed by atoms with Crippen molar-refractivity contribution >= 4 is 38.9 Å². The average Bonchev–Trinajstić information content (AvgIpc) is 3.53. The molecule has 0 fully saturated rings. The number of carbonyl (C=O) groups excluding carboxylic acids is 2. The van der Waals surface area contributed by atoms with Crippen LogP contribution in [0.4, 0.5) is 10.6 Å². The molecule has 0 spiro atoms. The molecule has 0 saturated heterocycles. The number of hydrogen-bond donors (Lipinski definition) is 1. The molecule has 0 radical (unpaired) electrons. The molecule has 4 heterocycles. The van der Waals surface area contributed by atoms with Crippen LogP contribution in [0.25, 0.3) is 22.3 Å². The minimum absolute atomic E-state index is 0.0809. The van der Waals surface area contributed by atoms with Crippen molar-refractivity contribution in [2.24, 2.45) is 0 Å². The highest BCUT2D eigenvalue weighted by Gasteiger charge is 2.28. The molecule has 52 heavy (non-hydrogen) atoms. The van der Waals surface area contributed by atoms with E-state index in [0.717, 1.165) is 20.7 Å². The van der Waals surface area contributed by atoms with Crippen molar-refractivity contribution in [2.75, 3.05) is 11.9 Å². The summed E-state index contributed by atoms with van der Waals surface area (Å²) in [5.41, 5.74) is 3.59. The van der Waals surface area contributed by atoms with Crippen LogP contribution in [0, 0.1) is 6.92 Å². The van der Waals surface area contributed by atoms with E-state index in [4.69, 9.17) is 9.47 Å². The highest BCUT2D eigenvalue weighted by atomic mass is 32.2. The summed E-state index contributed by atoms with van der Waals surface area (Å²) in [6.07, 6.45) is 4.51. The largest absolute Gasteiger partial charge is 0.457 e. The first-order chi connectivity index (χ1) is 24.9. The monoisotopic (exact) mass is 716 g/mol. The first-order valence-corrected chi connectivity index (χ1v) is 18.1. The summed E-state index contributed by atoms with van der Waals surface area (Å²) in [7, 11) is -4.13. The molecule has 12 nitrogen and oxygen atoms in total. The van der Waals surface area contributed by atoms with Gasteiger partial charge in [-0.1, -0.05) is 42.0 Å². The number of pyridine rings is 1. The average molecular weight is 717 g/mol. The van der Waals surface area contributed by atoms with Crippen molar-refractivity contribution in [2.45, 2.75) is 51.2 Å². The zero-order valence-electron chi connectivity index (χ0n) is 29.0. The van der Waals surface area contributed by atoms with Crippen LogP contribution in [0.15, 0.2) is 109 Å². The summed E-state index contributed by atoms with van der Waals surface area (Å²) in [4.78, 5) is 40.8. The van der Waals surface area contributed by atoms with Gasteiger partial charge in [-0.3, -0.25) is 4.79 Å². The fourth-order valence-corrected chi connectivity index (χ4v) is 7.26. The number of anilines is 1. The second-order valence-electron chi connectivity index (χ2n) is 13.5. The topological polar surface area (TPSA) is 146 Å². The summed E-state index contributed by atoms with van der Waals surface area (Å²) in [6, 6.07) is 24.2. The fourth-order valence-electron chi connectivity index (χ4n) is 5.94. The lowest BCUT2D eigenvalue weighted by atomic mass is 10.00. The summed E-state index contributed by atoms with van der Waals surface area (Å²) < 4.78 is 41.5. The van der Waals surface area contributed by atoms with Gasteiger partial charge in [0.25, 0.3) is 15.9 Å². The summed E-state index contributed by atoms with van der Waals surface area (Å²) in [5, 5.41) is 3.17. The Morgan fingerprint density at radius 1 is 0.885 bits per heavy atom. The Balaban J connectivity index is 1.30. The van der Waals surface area contributed by atoms with Gasteiger partial charge in [0.05, 0.1) is 16.0 Å². The molecule has 1 N–H and O–H groups in total. The lowest BCUT2D eigenvalue weighted by Gasteiger charge is -2.31. The molecule has 0 saturated carbocycles. The van der Waals surface area contributed by atoms with Gasteiger partial charge in [-0.05, 0) is 87.7 Å². The molecule has 7 rings (SSSR count). The molecule has 1 aliphatic heterocycles. The Bertz CT molecular complexity index is 2420. The lowest BCUT2D eigenvalue weighted by molar-refractivity contribution is 0.0223. The van der Waals surface area contributed by atoms with E-state index in [1.807, 2.05) is 52.0 Å². The van der Waals surface area contributed by atoms with E-state index in [9.17, 15) is 18.0 Å². The maximum atomic E-state index is 14.1. The van der Waals surface area contributed by atoms with Crippen LogP contribution in [0.2, 0.25) is 0 Å². The van der Waals surface area contributed by atoms with Crippen molar-refractivity contribution in [3.8, 4) is 22.8 Å². The molecule has 0 aliphatic carbocycles. The summed E-state index contributed by atoms with van der Waals surface area (Å²) in [5.74, 6) is 0.664. The molecule has 6 aromatic rings. The SMILES string of the molecule is Cc1ccc(S(=O)(=O)n2cc(-c3cc(NC(=O)c4ccccc4)ncn3)c3c(Oc4ccc5c(c4)CN(C(=O)OC(C)(C)C)CC5)ccnc32)cc1. The third kappa shape index (κ3) is 7.08. The van der Waals surface area contributed by atoms with Crippen LogP contribution < -0.4 is 10.1 Å². The van der Waals surface area contributed by atoms with E-state index >= 15 is 0 Å². The molecule has 2 amide bonds. The third-order valence-corrected chi connectivity index (χ3v) is 10.1. The van der Waals surface area contributed by atoms with E-state index < -0.39 is 15.6 Å². The molecule has 264 valence electrons. The fraction of sp³-hybridized carbons (Fsp3) is 0.205. The van der Waals surface area contributed by atoms with Crippen LogP contribution in [0.3, 0.4) is 0 Å². The van der Waals surface area contributed by atoms with Gasteiger partial charge in [-0.25, -0.2) is 32.1 Å². The second-order valence-corrected chi connectivity index (χ2v) is 15.3. The molecule has 13 heteroatoms. The van der Waals surface area contributed by atoms with Crippen molar-refractivity contribution in [3.05, 3.63) is 126 Å². The Morgan fingerprint density at radius 2 is 1.65 bits per heavy atom. The molecule has 3 aromatic carbocycles. The molecule has 1 aliphatic rings. The van der Waals surface area contributed by atoms with Gasteiger partial charge in [-0.2, -0.15) is 0 Å². The molecular formula is C39H36N6O6S. The van der Waals surface area contributed by atoms with Crippen LogP contribution in [0.5, 0.6) is 11.5 Å². The first-order valence-electron chi connectivity index (χ1n) is 16.6. The van der Waals surface area contributed by atoms with E-state index in [-0.39, 0.29) is 28.4 Å². The van der Waals surface area contributed by atoms with Crippen molar-refractivity contribution < 1.29 is 27.5 Å². The summed E-state index contributed by atoms with van der Waals surface area (Å²) in [6.45, 7) is 8.26. The maximum absolute atomic E-state index is 14.1. The van der Waals surface area contributed by atoms with E-state index in [1.165, 1.54) is 18.7 Å². The van der Waals surface area contributed by atoms with E-state index in [2.05, 4.69) is 20.3 Å². The molecule has 0 atom stereocenters. The zero-order chi connectivity index (χ0) is 36.6. The number of aryl methyl sites for hydroxylation is 1. The first kappa shape index (κ1) is 34.4. The molecule has 0 bridgehead atoms. The highest BCUT2D eigenvalue weighted by Crippen LogP contribution is 2.40. The van der Waals surface area contributed by atoms with Crippen LogP contribution >= 0.6 is 0 Å². The number of aromatic nitrogens is 4. The number of hydrogen-bond acceptors (Lipinski definition) is 9. The van der Waals surface area contributed by atoms with Gasteiger partial charge in [0.2, 0.25) is 0 Å². The summed E-state index contributed by atoms with van der Waals surface area (Å²) >= 11 is 0. The number of benzene rings is 3. The minimum atomic E-state index is -4.13. The van der Waals surface area contributed by atoms with E-state index in [1.54, 1.807) is 65.6 Å². The zero-order valence-corrected chi connectivity index (χ0v) is 29.8. The van der Waals surface area contributed by atoms with Crippen LogP contribution in [-0.4, -0.2) is 56.4 Å². The molecule has 0 unspecified atom stereocenters. The number of amides is 2. The number of carbonyl (C=O) groups is 2. The third-order valence-electron chi connectivity index (χ3n) is 8.49. The van der Waals surface area contributed by atoms with Gasteiger partial charge in [0, 0.05) is 42.7 Å².